The van der Waals surface area contributed by atoms with Crippen LogP contribution in [-0.4, -0.2) is 43.3 Å². The number of hydrogen-bond acceptors (Lipinski definition) is 6. The number of benzene rings is 2. The number of amides is 1. The smallest absolute Gasteiger partial charge is 0.259 e. The summed E-state index contributed by atoms with van der Waals surface area (Å²) in [4.78, 5) is 19.4. The number of carbonyl (C=O) groups excluding carboxylic acids is 1. The number of rotatable bonds is 5. The summed E-state index contributed by atoms with van der Waals surface area (Å²) in [7, 11) is 3.10. The van der Waals surface area contributed by atoms with Crippen molar-refractivity contribution < 1.29 is 14.3 Å². The zero-order chi connectivity index (χ0) is 18.8. The van der Waals surface area contributed by atoms with Crippen molar-refractivity contribution in [3.05, 3.63) is 59.0 Å². The molecule has 0 aliphatic carbocycles. The number of anilines is 1. The Hall–Kier alpha value is -2.93. The maximum absolute atomic E-state index is 12.7. The first kappa shape index (κ1) is 17.5. The number of fused-ring (bicyclic) bond motifs is 1. The molecule has 2 aliphatic heterocycles. The molecule has 0 unspecified atom stereocenters. The summed E-state index contributed by atoms with van der Waals surface area (Å²) >= 11 is 1.65. The number of amidine groups is 1. The maximum atomic E-state index is 12.7. The van der Waals surface area contributed by atoms with Crippen LogP contribution in [0.4, 0.5) is 5.69 Å². The van der Waals surface area contributed by atoms with Gasteiger partial charge in [-0.2, -0.15) is 0 Å². The van der Waals surface area contributed by atoms with Gasteiger partial charge in [0.15, 0.2) is 5.17 Å². The fraction of sp³-hybridized carbons (Fsp3) is 0.200. The van der Waals surface area contributed by atoms with Crippen LogP contribution in [0, 0.1) is 0 Å². The number of ether oxygens (including phenoxy) is 2. The zero-order valence-corrected chi connectivity index (χ0v) is 15.9. The van der Waals surface area contributed by atoms with Gasteiger partial charge in [0.25, 0.3) is 5.91 Å². The number of aliphatic imine (C=N–C) groups is 1. The number of methoxy groups -OCH3 is 2. The van der Waals surface area contributed by atoms with Crippen LogP contribution < -0.4 is 14.8 Å². The third-order valence-corrected chi connectivity index (χ3v) is 5.36. The van der Waals surface area contributed by atoms with Gasteiger partial charge in [-0.1, -0.05) is 23.9 Å². The van der Waals surface area contributed by atoms with Gasteiger partial charge in [0, 0.05) is 17.6 Å². The second kappa shape index (κ2) is 7.36. The van der Waals surface area contributed by atoms with Gasteiger partial charge in [-0.15, -0.1) is 0 Å². The minimum atomic E-state index is -0.247. The summed E-state index contributed by atoms with van der Waals surface area (Å²) in [5.74, 6) is 0.854. The Kier molecular flexibility index (Phi) is 4.77. The van der Waals surface area contributed by atoms with Gasteiger partial charge in [0.1, 0.15) is 11.5 Å². The predicted molar refractivity (Wildman–Crippen MR) is 109 cm³/mol. The first-order valence-electron chi connectivity index (χ1n) is 8.52. The lowest BCUT2D eigenvalue weighted by atomic mass is 10.1. The Morgan fingerprint density at radius 1 is 1.15 bits per heavy atom. The van der Waals surface area contributed by atoms with Crippen LogP contribution in [-0.2, 0) is 0 Å². The first-order chi connectivity index (χ1) is 13.2. The van der Waals surface area contributed by atoms with Crippen LogP contribution in [0.2, 0.25) is 0 Å². The maximum Gasteiger partial charge on any atom is 0.259 e. The second-order valence-corrected chi connectivity index (χ2v) is 6.87. The van der Waals surface area contributed by atoms with E-state index in [-0.39, 0.29) is 5.91 Å². The number of hydrogen-bond donors (Lipinski definition) is 1. The lowest BCUT2D eigenvalue weighted by Crippen LogP contribution is -2.19. The molecule has 7 heteroatoms. The zero-order valence-electron chi connectivity index (χ0n) is 15.1. The van der Waals surface area contributed by atoms with E-state index in [2.05, 4.69) is 20.6 Å². The largest absolute Gasteiger partial charge is 0.497 e. The molecular weight excluding hydrogens is 362 g/mol. The van der Waals surface area contributed by atoms with Gasteiger partial charge in [0.2, 0.25) is 0 Å². The Bertz CT molecular complexity index is 938. The molecule has 1 amide bonds. The highest BCUT2D eigenvalue weighted by molar-refractivity contribution is 8.16. The van der Waals surface area contributed by atoms with E-state index < -0.39 is 0 Å². The SMILES string of the molecule is COc1ccc(OC)c(C(=O)Nc2ccc(C3=CSC4=NCCN34)cc2)c1. The third kappa shape index (κ3) is 3.38. The molecule has 0 saturated carbocycles. The molecule has 0 radical (unpaired) electrons. The average molecular weight is 381 g/mol. The second-order valence-electron chi connectivity index (χ2n) is 6.03. The molecule has 0 atom stereocenters. The molecular formula is C20H19N3O3S. The van der Waals surface area contributed by atoms with E-state index in [1.54, 1.807) is 37.1 Å². The molecule has 138 valence electrons. The molecule has 1 N–H and O–H groups in total. The fourth-order valence-corrected chi connectivity index (χ4v) is 4.02. The standard InChI is InChI=1S/C20H19N3O3S/c1-25-15-7-8-18(26-2)16(11-15)19(24)22-14-5-3-13(4-6-14)17-12-27-20-21-9-10-23(17)20/h3-8,11-12H,9-10H2,1-2H3,(H,22,24). The quantitative estimate of drug-likeness (QED) is 0.856. The van der Waals surface area contributed by atoms with E-state index in [4.69, 9.17) is 9.47 Å². The Morgan fingerprint density at radius 3 is 2.70 bits per heavy atom. The molecule has 4 rings (SSSR count). The van der Waals surface area contributed by atoms with Crippen LogP contribution >= 0.6 is 11.8 Å². The van der Waals surface area contributed by atoms with E-state index in [9.17, 15) is 4.79 Å². The minimum Gasteiger partial charge on any atom is -0.497 e. The topological polar surface area (TPSA) is 63.2 Å². The van der Waals surface area contributed by atoms with Crippen LogP contribution in [0.15, 0.2) is 52.9 Å². The Balaban J connectivity index is 1.51. The molecule has 2 aromatic rings. The van der Waals surface area contributed by atoms with Crippen LogP contribution in [0.3, 0.4) is 0 Å². The van der Waals surface area contributed by atoms with Crippen molar-refractivity contribution in [2.75, 3.05) is 32.6 Å². The highest BCUT2D eigenvalue weighted by Crippen LogP contribution is 2.35. The molecule has 2 aromatic carbocycles. The molecule has 27 heavy (non-hydrogen) atoms. The van der Waals surface area contributed by atoms with Crippen molar-refractivity contribution in [1.29, 1.82) is 0 Å². The molecule has 0 fully saturated rings. The van der Waals surface area contributed by atoms with Crippen molar-refractivity contribution in [3.8, 4) is 11.5 Å². The highest BCUT2D eigenvalue weighted by atomic mass is 32.2. The molecule has 2 heterocycles. The molecule has 0 bridgehead atoms. The Labute approximate surface area is 161 Å². The Morgan fingerprint density at radius 2 is 1.96 bits per heavy atom. The van der Waals surface area contributed by atoms with Crippen molar-refractivity contribution in [3.63, 3.8) is 0 Å². The third-order valence-electron chi connectivity index (χ3n) is 4.46. The van der Waals surface area contributed by atoms with Crippen LogP contribution in [0.25, 0.3) is 5.70 Å². The number of nitrogens with zero attached hydrogens (tertiary/aromatic N) is 2. The van der Waals surface area contributed by atoms with E-state index in [0.29, 0.717) is 17.1 Å². The van der Waals surface area contributed by atoms with Crippen molar-refractivity contribution in [1.82, 2.24) is 4.90 Å². The van der Waals surface area contributed by atoms with Crippen molar-refractivity contribution >= 4 is 34.2 Å². The molecule has 2 aliphatic rings. The predicted octanol–water partition coefficient (Wildman–Crippen LogP) is 3.67. The summed E-state index contributed by atoms with van der Waals surface area (Å²) in [6.45, 7) is 1.76. The van der Waals surface area contributed by atoms with Gasteiger partial charge >= 0.3 is 0 Å². The normalized spacial score (nSPS) is 15.1. The van der Waals surface area contributed by atoms with E-state index in [1.165, 1.54) is 7.11 Å². The van der Waals surface area contributed by atoms with Gasteiger partial charge < -0.3 is 19.7 Å². The molecule has 0 saturated heterocycles. The van der Waals surface area contributed by atoms with E-state index in [0.717, 1.165) is 35.2 Å². The average Bonchev–Trinajstić information content (AvgIpc) is 3.32. The van der Waals surface area contributed by atoms with E-state index in [1.807, 2.05) is 24.3 Å². The summed E-state index contributed by atoms with van der Waals surface area (Å²) in [5, 5.41) is 6.09. The summed E-state index contributed by atoms with van der Waals surface area (Å²) in [5.41, 5.74) is 3.40. The van der Waals surface area contributed by atoms with Gasteiger partial charge in [0.05, 0.1) is 32.0 Å². The summed E-state index contributed by atoms with van der Waals surface area (Å²) < 4.78 is 10.5. The van der Waals surface area contributed by atoms with Gasteiger partial charge in [-0.25, -0.2) is 0 Å². The monoisotopic (exact) mass is 381 g/mol. The van der Waals surface area contributed by atoms with E-state index >= 15 is 0 Å². The summed E-state index contributed by atoms with van der Waals surface area (Å²) in [6.07, 6.45) is 0. The number of carbonyl (C=O) groups is 1. The van der Waals surface area contributed by atoms with Crippen LogP contribution in [0.1, 0.15) is 15.9 Å². The van der Waals surface area contributed by atoms with Crippen molar-refractivity contribution in [2.24, 2.45) is 4.99 Å². The highest BCUT2D eigenvalue weighted by Gasteiger charge is 2.26. The van der Waals surface area contributed by atoms with Gasteiger partial charge in [-0.3, -0.25) is 9.79 Å². The summed E-state index contributed by atoms with van der Waals surface area (Å²) in [6, 6.07) is 13.0. The number of nitrogens with one attached hydrogen (secondary N) is 1. The molecule has 0 spiro atoms. The molecule has 6 nitrogen and oxygen atoms in total. The van der Waals surface area contributed by atoms with Crippen LogP contribution in [0.5, 0.6) is 11.5 Å². The fourth-order valence-electron chi connectivity index (χ4n) is 3.06. The molecule has 0 aromatic heterocycles. The minimum absolute atomic E-state index is 0.247. The van der Waals surface area contributed by atoms with Gasteiger partial charge in [-0.05, 0) is 35.9 Å². The lowest BCUT2D eigenvalue weighted by Gasteiger charge is -2.17. The first-order valence-corrected chi connectivity index (χ1v) is 9.40. The van der Waals surface area contributed by atoms with Crippen molar-refractivity contribution in [2.45, 2.75) is 0 Å². The lowest BCUT2D eigenvalue weighted by molar-refractivity contribution is 0.102. The number of thioether (sulfide) groups is 1.